The van der Waals surface area contributed by atoms with Gasteiger partial charge in [-0.15, -0.1) is 0 Å². The summed E-state index contributed by atoms with van der Waals surface area (Å²) in [5.41, 5.74) is 4.12. The van der Waals surface area contributed by atoms with Crippen molar-refractivity contribution in [2.45, 2.75) is 0 Å². The van der Waals surface area contributed by atoms with Gasteiger partial charge in [-0.25, -0.2) is 0 Å². The first-order chi connectivity index (χ1) is 12.7. The van der Waals surface area contributed by atoms with Gasteiger partial charge in [0, 0.05) is 61.0 Å². The summed E-state index contributed by atoms with van der Waals surface area (Å²) >= 11 is 12.5. The Hall–Kier alpha value is -2.30. The van der Waals surface area contributed by atoms with E-state index in [2.05, 4.69) is 38.0 Å². The molecule has 1 aliphatic rings. The van der Waals surface area contributed by atoms with E-state index in [1.165, 1.54) is 5.69 Å². The molecule has 0 N–H and O–H groups in total. The fourth-order valence-electron chi connectivity index (χ4n) is 3.30. The Kier molecular flexibility index (Phi) is 4.96. The number of halogens is 2. The molecule has 1 saturated heterocycles. The molecule has 3 aromatic rings. The van der Waals surface area contributed by atoms with Crippen molar-refractivity contribution < 1.29 is 0 Å². The maximum atomic E-state index is 6.42. The highest BCUT2D eigenvalue weighted by Crippen LogP contribution is 2.35. The number of hydrogen-bond donors (Lipinski definition) is 0. The second kappa shape index (κ2) is 7.52. The third-order valence-electron chi connectivity index (χ3n) is 4.62. The summed E-state index contributed by atoms with van der Waals surface area (Å²) in [7, 11) is 0. The molecule has 1 aliphatic heterocycles. The van der Waals surface area contributed by atoms with E-state index in [1.54, 1.807) is 12.3 Å². The number of rotatable bonds is 3. The van der Waals surface area contributed by atoms with Crippen molar-refractivity contribution in [3.8, 4) is 11.3 Å². The highest BCUT2D eigenvalue weighted by Gasteiger charge is 2.21. The average Bonchev–Trinajstić information content (AvgIpc) is 2.69. The van der Waals surface area contributed by atoms with Crippen LogP contribution in [0.3, 0.4) is 0 Å². The largest absolute Gasteiger partial charge is 0.368 e. The lowest BCUT2D eigenvalue weighted by molar-refractivity contribution is 0.653. The van der Waals surface area contributed by atoms with Gasteiger partial charge in [0.2, 0.25) is 0 Å². The smallest absolute Gasteiger partial charge is 0.0950 e. The molecule has 0 unspecified atom stereocenters. The Balaban J connectivity index is 1.58. The van der Waals surface area contributed by atoms with E-state index < -0.39 is 0 Å². The summed E-state index contributed by atoms with van der Waals surface area (Å²) in [5, 5.41) is 1.25. The van der Waals surface area contributed by atoms with Gasteiger partial charge >= 0.3 is 0 Å². The van der Waals surface area contributed by atoms with Gasteiger partial charge in [-0.05, 0) is 42.5 Å². The average molecular weight is 385 g/mol. The third kappa shape index (κ3) is 3.48. The summed E-state index contributed by atoms with van der Waals surface area (Å²) in [6.07, 6.45) is 5.48. The lowest BCUT2D eigenvalue weighted by Gasteiger charge is -2.37. The predicted molar refractivity (Wildman–Crippen MR) is 108 cm³/mol. The molecule has 2 aromatic heterocycles. The monoisotopic (exact) mass is 384 g/mol. The molecule has 4 nitrogen and oxygen atoms in total. The maximum Gasteiger partial charge on any atom is 0.0950 e. The van der Waals surface area contributed by atoms with Crippen molar-refractivity contribution in [3.05, 3.63) is 71.1 Å². The minimum atomic E-state index is 0.618. The molecule has 0 aliphatic carbocycles. The van der Waals surface area contributed by atoms with Crippen molar-refractivity contribution in [1.82, 2.24) is 9.97 Å². The normalized spacial score (nSPS) is 14.5. The lowest BCUT2D eigenvalue weighted by Crippen LogP contribution is -2.46. The summed E-state index contributed by atoms with van der Waals surface area (Å²) in [6.45, 7) is 3.75. The summed E-state index contributed by atoms with van der Waals surface area (Å²) < 4.78 is 0. The van der Waals surface area contributed by atoms with Gasteiger partial charge in [-0.1, -0.05) is 23.2 Å². The molecule has 132 valence electrons. The number of pyridine rings is 2. The lowest BCUT2D eigenvalue weighted by atomic mass is 10.1. The van der Waals surface area contributed by atoms with Crippen LogP contribution in [0.15, 0.2) is 61.1 Å². The number of nitrogens with zero attached hydrogens (tertiary/aromatic N) is 4. The van der Waals surface area contributed by atoms with E-state index in [0.29, 0.717) is 10.0 Å². The van der Waals surface area contributed by atoms with Crippen molar-refractivity contribution in [3.63, 3.8) is 0 Å². The number of benzene rings is 1. The molecule has 6 heteroatoms. The Morgan fingerprint density at radius 3 is 2.27 bits per heavy atom. The van der Waals surface area contributed by atoms with Crippen LogP contribution in [0.4, 0.5) is 11.4 Å². The molecule has 4 rings (SSSR count). The first kappa shape index (κ1) is 17.1. The van der Waals surface area contributed by atoms with Crippen LogP contribution in [0.25, 0.3) is 11.3 Å². The summed E-state index contributed by atoms with van der Waals surface area (Å²) in [4.78, 5) is 13.4. The third-order valence-corrected chi connectivity index (χ3v) is 5.17. The highest BCUT2D eigenvalue weighted by molar-refractivity contribution is 6.36. The van der Waals surface area contributed by atoms with E-state index in [-0.39, 0.29) is 0 Å². The van der Waals surface area contributed by atoms with Crippen LogP contribution in [0.5, 0.6) is 0 Å². The number of anilines is 2. The fourth-order valence-corrected chi connectivity index (χ4v) is 3.80. The number of aromatic nitrogens is 2. The Bertz CT molecular complexity index is 893. The molecule has 0 saturated carbocycles. The van der Waals surface area contributed by atoms with Crippen LogP contribution in [-0.4, -0.2) is 36.1 Å². The van der Waals surface area contributed by atoms with Crippen molar-refractivity contribution in [2.24, 2.45) is 0 Å². The van der Waals surface area contributed by atoms with Gasteiger partial charge in [0.1, 0.15) is 0 Å². The first-order valence-corrected chi connectivity index (χ1v) is 9.28. The second-order valence-electron chi connectivity index (χ2n) is 6.17. The number of hydrogen-bond acceptors (Lipinski definition) is 4. The zero-order valence-electron chi connectivity index (χ0n) is 14.1. The molecule has 0 atom stereocenters. The number of piperazine rings is 1. The molecular formula is C20H18Cl2N4. The predicted octanol–water partition coefficient (Wildman–Crippen LogP) is 4.78. The van der Waals surface area contributed by atoms with Gasteiger partial charge in [0.25, 0.3) is 0 Å². The summed E-state index contributed by atoms with van der Waals surface area (Å²) in [6, 6.07) is 13.7. The fraction of sp³-hybridized carbons (Fsp3) is 0.200. The van der Waals surface area contributed by atoms with Crippen LogP contribution in [0.1, 0.15) is 0 Å². The van der Waals surface area contributed by atoms with Crippen LogP contribution in [0.2, 0.25) is 10.0 Å². The van der Waals surface area contributed by atoms with E-state index in [4.69, 9.17) is 23.2 Å². The summed E-state index contributed by atoms with van der Waals surface area (Å²) in [5.74, 6) is 0. The molecule has 0 amide bonds. The second-order valence-corrected chi connectivity index (χ2v) is 7.02. The first-order valence-electron chi connectivity index (χ1n) is 8.53. The molecule has 1 fully saturated rings. The highest BCUT2D eigenvalue weighted by atomic mass is 35.5. The van der Waals surface area contributed by atoms with Gasteiger partial charge in [-0.3, -0.25) is 9.97 Å². The molecule has 0 radical (unpaired) electrons. The van der Waals surface area contributed by atoms with E-state index in [9.17, 15) is 0 Å². The van der Waals surface area contributed by atoms with Crippen molar-refractivity contribution in [1.29, 1.82) is 0 Å². The van der Waals surface area contributed by atoms with Gasteiger partial charge in [0.15, 0.2) is 0 Å². The SMILES string of the molecule is Clc1ccc(-c2ncccc2N2CCN(c3ccncc3)CC2)c(Cl)c1. The Labute approximate surface area is 163 Å². The molecular weight excluding hydrogens is 367 g/mol. The zero-order chi connectivity index (χ0) is 17.9. The molecule has 0 bridgehead atoms. The van der Waals surface area contributed by atoms with Crippen molar-refractivity contribution >= 4 is 34.6 Å². The van der Waals surface area contributed by atoms with Crippen LogP contribution in [0, 0.1) is 0 Å². The standard InChI is InChI=1S/C20H18Cl2N4/c21-15-3-4-17(18(22)14-15)20-19(2-1-7-24-20)26-12-10-25(11-13-26)16-5-8-23-9-6-16/h1-9,14H,10-13H2. The van der Waals surface area contributed by atoms with Crippen LogP contribution < -0.4 is 9.80 Å². The van der Waals surface area contributed by atoms with Crippen LogP contribution >= 0.6 is 23.2 Å². The van der Waals surface area contributed by atoms with Gasteiger partial charge in [-0.2, -0.15) is 0 Å². The van der Waals surface area contributed by atoms with E-state index in [1.807, 2.05) is 30.6 Å². The van der Waals surface area contributed by atoms with Crippen molar-refractivity contribution in [2.75, 3.05) is 36.0 Å². The minimum Gasteiger partial charge on any atom is -0.368 e. The quantitative estimate of drug-likeness (QED) is 0.650. The molecule has 3 heterocycles. The maximum absolute atomic E-state index is 6.42. The minimum absolute atomic E-state index is 0.618. The topological polar surface area (TPSA) is 32.3 Å². The Morgan fingerprint density at radius 2 is 1.54 bits per heavy atom. The molecule has 1 aromatic carbocycles. The Morgan fingerprint density at radius 1 is 0.808 bits per heavy atom. The van der Waals surface area contributed by atoms with Gasteiger partial charge in [0.05, 0.1) is 16.4 Å². The molecule has 26 heavy (non-hydrogen) atoms. The molecule has 0 spiro atoms. The van der Waals surface area contributed by atoms with E-state index >= 15 is 0 Å². The zero-order valence-corrected chi connectivity index (χ0v) is 15.7. The van der Waals surface area contributed by atoms with E-state index in [0.717, 1.165) is 43.1 Å². The van der Waals surface area contributed by atoms with Gasteiger partial charge < -0.3 is 9.80 Å². The van der Waals surface area contributed by atoms with Crippen LogP contribution in [-0.2, 0) is 0 Å².